The van der Waals surface area contributed by atoms with Crippen LogP contribution in [-0.4, -0.2) is 29.8 Å². The molecule has 0 radical (unpaired) electrons. The lowest BCUT2D eigenvalue weighted by Crippen LogP contribution is -2.30. The summed E-state index contributed by atoms with van der Waals surface area (Å²) in [6, 6.07) is 11.6. The first-order chi connectivity index (χ1) is 13.8. The van der Waals surface area contributed by atoms with Crippen molar-refractivity contribution in [2.75, 3.05) is 10.2 Å². The lowest BCUT2D eigenvalue weighted by atomic mass is 10.1. The van der Waals surface area contributed by atoms with Crippen molar-refractivity contribution >= 4 is 35.1 Å². The maximum atomic E-state index is 12.4. The van der Waals surface area contributed by atoms with Crippen LogP contribution in [-0.2, 0) is 19.1 Å². The molecule has 3 amide bonds. The maximum absolute atomic E-state index is 12.4. The molecular weight excluding hydrogens is 372 g/mol. The monoisotopic (exact) mass is 394 g/mol. The zero-order chi connectivity index (χ0) is 21.1. The van der Waals surface area contributed by atoms with Gasteiger partial charge in [0.25, 0.3) is 5.91 Å². The van der Waals surface area contributed by atoms with Crippen LogP contribution < -0.4 is 10.2 Å². The molecule has 1 aliphatic rings. The third kappa shape index (κ3) is 4.34. The van der Waals surface area contributed by atoms with Crippen molar-refractivity contribution in [2.24, 2.45) is 0 Å². The number of amides is 3. The summed E-state index contributed by atoms with van der Waals surface area (Å²) in [6.45, 7) is 5.27. The van der Waals surface area contributed by atoms with Crippen LogP contribution in [0.4, 0.5) is 11.4 Å². The zero-order valence-electron chi connectivity index (χ0n) is 16.5. The largest absolute Gasteiger partial charge is 0.449 e. The first-order valence-electron chi connectivity index (χ1n) is 9.32. The maximum Gasteiger partial charge on any atom is 0.338 e. The van der Waals surface area contributed by atoms with E-state index in [1.807, 2.05) is 32.0 Å². The molecule has 1 N–H and O–H groups in total. The highest BCUT2D eigenvalue weighted by Crippen LogP contribution is 2.23. The third-order valence-corrected chi connectivity index (χ3v) is 4.80. The Labute approximate surface area is 168 Å². The van der Waals surface area contributed by atoms with Crippen molar-refractivity contribution in [3.63, 3.8) is 0 Å². The van der Waals surface area contributed by atoms with Crippen molar-refractivity contribution in [3.8, 4) is 0 Å². The van der Waals surface area contributed by atoms with Crippen LogP contribution >= 0.6 is 0 Å². The molecule has 150 valence electrons. The second-order valence-electron chi connectivity index (χ2n) is 6.97. The summed E-state index contributed by atoms with van der Waals surface area (Å²) in [5.41, 5.74) is 3.16. The number of carbonyl (C=O) groups excluding carboxylic acids is 4. The molecule has 0 unspecified atom stereocenters. The van der Waals surface area contributed by atoms with Crippen LogP contribution in [0.5, 0.6) is 0 Å². The van der Waals surface area contributed by atoms with Gasteiger partial charge in [0.1, 0.15) is 0 Å². The van der Waals surface area contributed by atoms with E-state index in [2.05, 4.69) is 5.32 Å². The van der Waals surface area contributed by atoms with Crippen molar-refractivity contribution in [1.29, 1.82) is 0 Å². The van der Waals surface area contributed by atoms with Crippen LogP contribution in [0.3, 0.4) is 0 Å². The van der Waals surface area contributed by atoms with E-state index in [-0.39, 0.29) is 30.2 Å². The summed E-state index contributed by atoms with van der Waals surface area (Å²) < 4.78 is 5.26. The Hall–Kier alpha value is -3.48. The summed E-state index contributed by atoms with van der Waals surface area (Å²) in [4.78, 5) is 49.5. The topological polar surface area (TPSA) is 92.8 Å². The Bertz CT molecular complexity index is 945. The lowest BCUT2D eigenvalue weighted by molar-refractivity contribution is -0.124. The summed E-state index contributed by atoms with van der Waals surface area (Å²) >= 11 is 0. The first-order valence-corrected chi connectivity index (χ1v) is 9.32. The normalized spacial score (nSPS) is 14.7. The van der Waals surface area contributed by atoms with Gasteiger partial charge in [0.2, 0.25) is 11.8 Å². The number of nitrogens with zero attached hydrogens (tertiary/aromatic N) is 1. The summed E-state index contributed by atoms with van der Waals surface area (Å²) in [6.07, 6.45) is -0.617. The molecule has 0 aliphatic carbocycles. The van der Waals surface area contributed by atoms with Gasteiger partial charge in [-0.05, 0) is 56.2 Å². The van der Waals surface area contributed by atoms with E-state index in [0.29, 0.717) is 11.4 Å². The average Bonchev–Trinajstić information content (AvgIpc) is 3.03. The van der Waals surface area contributed by atoms with E-state index >= 15 is 0 Å². The Balaban J connectivity index is 1.64. The summed E-state index contributed by atoms with van der Waals surface area (Å²) in [7, 11) is 0. The minimum Gasteiger partial charge on any atom is -0.449 e. The smallest absolute Gasteiger partial charge is 0.338 e. The number of imide groups is 1. The highest BCUT2D eigenvalue weighted by atomic mass is 16.5. The average molecular weight is 394 g/mol. The molecule has 1 fully saturated rings. The molecule has 1 aliphatic heterocycles. The van der Waals surface area contributed by atoms with Gasteiger partial charge >= 0.3 is 5.97 Å². The Morgan fingerprint density at radius 3 is 2.07 bits per heavy atom. The summed E-state index contributed by atoms with van der Waals surface area (Å²) in [5.74, 6) is -1.62. The SMILES string of the molecule is Cc1cccc(C)c1NC(=O)[C@@H](C)OC(=O)c1ccc(N2C(=O)CCC2=O)cc1. The molecule has 7 heteroatoms. The van der Waals surface area contributed by atoms with E-state index in [0.717, 1.165) is 16.0 Å². The third-order valence-electron chi connectivity index (χ3n) is 4.80. The number of rotatable bonds is 5. The fourth-order valence-electron chi connectivity index (χ4n) is 3.13. The van der Waals surface area contributed by atoms with Gasteiger partial charge in [-0.25, -0.2) is 4.79 Å². The number of anilines is 2. The number of benzene rings is 2. The van der Waals surface area contributed by atoms with Crippen LogP contribution in [0.15, 0.2) is 42.5 Å². The molecule has 0 aromatic heterocycles. The van der Waals surface area contributed by atoms with Crippen LogP contribution in [0, 0.1) is 13.8 Å². The van der Waals surface area contributed by atoms with Crippen molar-refractivity contribution < 1.29 is 23.9 Å². The molecule has 2 aromatic carbocycles. The standard InChI is InChI=1S/C22H22N2O5/c1-13-5-4-6-14(2)20(13)23-21(27)15(3)29-22(28)16-7-9-17(10-8-16)24-18(25)11-12-19(24)26/h4-10,15H,11-12H2,1-3H3,(H,23,27)/t15-/m1/s1. The van der Waals surface area contributed by atoms with E-state index < -0.39 is 18.0 Å². The van der Waals surface area contributed by atoms with E-state index in [1.165, 1.54) is 31.2 Å². The molecule has 7 nitrogen and oxygen atoms in total. The van der Waals surface area contributed by atoms with Crippen LogP contribution in [0.25, 0.3) is 0 Å². The van der Waals surface area contributed by atoms with Crippen molar-refractivity contribution in [1.82, 2.24) is 0 Å². The number of ether oxygens (including phenoxy) is 1. The lowest BCUT2D eigenvalue weighted by Gasteiger charge is -2.17. The number of para-hydroxylation sites is 1. The number of carbonyl (C=O) groups is 4. The highest BCUT2D eigenvalue weighted by Gasteiger charge is 2.30. The molecule has 1 atom stereocenters. The van der Waals surface area contributed by atoms with Gasteiger partial charge in [-0.2, -0.15) is 0 Å². The van der Waals surface area contributed by atoms with Gasteiger partial charge in [0.05, 0.1) is 11.3 Å². The van der Waals surface area contributed by atoms with Gasteiger partial charge < -0.3 is 10.1 Å². The molecule has 0 saturated carbocycles. The highest BCUT2D eigenvalue weighted by molar-refractivity contribution is 6.19. The van der Waals surface area contributed by atoms with Gasteiger partial charge in [0.15, 0.2) is 6.10 Å². The van der Waals surface area contributed by atoms with Gasteiger partial charge in [0, 0.05) is 18.5 Å². The van der Waals surface area contributed by atoms with E-state index in [4.69, 9.17) is 4.74 Å². The molecule has 2 aromatic rings. The van der Waals surface area contributed by atoms with Gasteiger partial charge in [-0.3, -0.25) is 19.3 Å². The fraction of sp³-hybridized carbons (Fsp3) is 0.273. The zero-order valence-corrected chi connectivity index (χ0v) is 16.5. The van der Waals surface area contributed by atoms with Crippen LogP contribution in [0.2, 0.25) is 0 Å². The molecule has 29 heavy (non-hydrogen) atoms. The van der Waals surface area contributed by atoms with Gasteiger partial charge in [-0.1, -0.05) is 18.2 Å². The second-order valence-corrected chi connectivity index (χ2v) is 6.97. The number of aryl methyl sites for hydroxylation is 2. The second kappa shape index (κ2) is 8.26. The summed E-state index contributed by atoms with van der Waals surface area (Å²) in [5, 5.41) is 2.79. The van der Waals surface area contributed by atoms with Crippen molar-refractivity contribution in [3.05, 3.63) is 59.2 Å². The number of hydrogen-bond acceptors (Lipinski definition) is 5. The molecule has 3 rings (SSSR count). The molecule has 0 bridgehead atoms. The molecule has 1 saturated heterocycles. The van der Waals surface area contributed by atoms with Gasteiger partial charge in [-0.15, -0.1) is 0 Å². The first kappa shape index (κ1) is 20.3. The van der Waals surface area contributed by atoms with E-state index in [1.54, 1.807) is 0 Å². The number of nitrogens with one attached hydrogen (secondary N) is 1. The number of hydrogen-bond donors (Lipinski definition) is 1. The minimum absolute atomic E-state index is 0.190. The van der Waals surface area contributed by atoms with E-state index in [9.17, 15) is 19.2 Å². The Morgan fingerprint density at radius 2 is 1.52 bits per heavy atom. The predicted octanol–water partition coefficient (Wildman–Crippen LogP) is 3.14. The van der Waals surface area contributed by atoms with Crippen LogP contribution in [0.1, 0.15) is 41.3 Å². The predicted molar refractivity (Wildman–Crippen MR) is 108 cm³/mol. The number of esters is 1. The molecular formula is C22H22N2O5. The Morgan fingerprint density at radius 1 is 0.966 bits per heavy atom. The molecule has 0 spiro atoms. The minimum atomic E-state index is -0.997. The quantitative estimate of drug-likeness (QED) is 0.621. The molecule has 1 heterocycles. The fourth-order valence-corrected chi connectivity index (χ4v) is 3.13. The Kier molecular flexibility index (Phi) is 5.77. The van der Waals surface area contributed by atoms with Crippen molar-refractivity contribution in [2.45, 2.75) is 39.7 Å².